The Morgan fingerprint density at radius 1 is 1.75 bits per heavy atom. The maximum Gasteiger partial charge on any atom is 0.217 e. The lowest BCUT2D eigenvalue weighted by molar-refractivity contribution is -0.0485. The lowest BCUT2D eigenvalue weighted by atomic mass is 10.2. The Bertz CT molecular complexity index is 392. The summed E-state index contributed by atoms with van der Waals surface area (Å²) >= 11 is 0. The summed E-state index contributed by atoms with van der Waals surface area (Å²) in [4.78, 5) is 14.8. The highest BCUT2D eigenvalue weighted by molar-refractivity contribution is 5.89. The average molecular weight is 227 g/mol. The van der Waals surface area contributed by atoms with Crippen LogP contribution in [0, 0.1) is 0 Å². The van der Waals surface area contributed by atoms with E-state index in [0.29, 0.717) is 6.42 Å². The summed E-state index contributed by atoms with van der Waals surface area (Å²) in [7, 11) is 0. The summed E-state index contributed by atoms with van der Waals surface area (Å²) in [5.74, 6) is -0.110. The van der Waals surface area contributed by atoms with Crippen molar-refractivity contribution in [1.82, 2.24) is 14.8 Å². The zero-order valence-corrected chi connectivity index (χ0v) is 8.78. The lowest BCUT2D eigenvalue weighted by Crippen LogP contribution is -2.24. The van der Waals surface area contributed by atoms with E-state index in [4.69, 9.17) is 9.84 Å². The zero-order chi connectivity index (χ0) is 11.7. The number of Topliss-reactive ketones (excluding diaryl/α,β-unsaturated/α-hetero) is 1. The number of rotatable bonds is 3. The Morgan fingerprint density at radius 2 is 2.50 bits per heavy atom. The van der Waals surface area contributed by atoms with E-state index in [9.17, 15) is 9.90 Å². The van der Waals surface area contributed by atoms with Gasteiger partial charge in [-0.1, -0.05) is 0 Å². The van der Waals surface area contributed by atoms with Gasteiger partial charge in [0.2, 0.25) is 5.82 Å². The maximum atomic E-state index is 11.0. The third-order valence-corrected chi connectivity index (χ3v) is 2.50. The van der Waals surface area contributed by atoms with Gasteiger partial charge in [0.15, 0.2) is 12.0 Å². The number of carbonyl (C=O) groups is 1. The molecular weight excluding hydrogens is 214 g/mol. The fourth-order valence-electron chi connectivity index (χ4n) is 1.62. The van der Waals surface area contributed by atoms with Crippen molar-refractivity contribution in [3.8, 4) is 0 Å². The molecule has 1 fully saturated rings. The first kappa shape index (κ1) is 11.2. The van der Waals surface area contributed by atoms with E-state index in [-0.39, 0.29) is 18.2 Å². The molecule has 0 aliphatic carbocycles. The van der Waals surface area contributed by atoms with Gasteiger partial charge in [-0.15, -0.1) is 5.10 Å². The van der Waals surface area contributed by atoms with E-state index in [1.807, 2.05) is 0 Å². The predicted octanol–water partition coefficient (Wildman–Crippen LogP) is -0.879. The molecule has 0 spiro atoms. The maximum absolute atomic E-state index is 11.0. The van der Waals surface area contributed by atoms with E-state index < -0.39 is 18.4 Å². The van der Waals surface area contributed by atoms with Crippen molar-refractivity contribution in [3.63, 3.8) is 0 Å². The Hall–Kier alpha value is -1.31. The Balaban J connectivity index is 2.11. The summed E-state index contributed by atoms with van der Waals surface area (Å²) in [6, 6.07) is 0. The summed E-state index contributed by atoms with van der Waals surface area (Å²) in [6.07, 6.45) is -0.0949. The first-order valence-electron chi connectivity index (χ1n) is 4.98. The minimum Gasteiger partial charge on any atom is -0.394 e. The minimum absolute atomic E-state index is 0.116. The smallest absolute Gasteiger partial charge is 0.217 e. The van der Waals surface area contributed by atoms with Crippen LogP contribution in [0.4, 0.5) is 0 Å². The van der Waals surface area contributed by atoms with Gasteiger partial charge in [-0.25, -0.2) is 9.67 Å². The van der Waals surface area contributed by atoms with E-state index in [1.54, 1.807) is 0 Å². The minimum atomic E-state index is -0.722. The molecular formula is C9H13N3O4. The number of carbonyl (C=O) groups excluding carboxylic acids is 1. The number of ketones is 1. The number of nitrogens with zero attached hydrogens (tertiary/aromatic N) is 3. The average Bonchev–Trinajstić information content (AvgIpc) is 2.83. The van der Waals surface area contributed by atoms with Crippen molar-refractivity contribution < 1.29 is 19.7 Å². The molecule has 2 N–H and O–H groups in total. The van der Waals surface area contributed by atoms with Gasteiger partial charge in [-0.05, 0) is 0 Å². The first-order chi connectivity index (χ1) is 7.61. The molecule has 3 atom stereocenters. The molecule has 1 aliphatic heterocycles. The highest BCUT2D eigenvalue weighted by atomic mass is 16.5. The number of aliphatic hydroxyl groups excluding tert-OH is 2. The quantitative estimate of drug-likeness (QED) is 0.651. The SMILES string of the molecule is CC(=O)c1ncn([C@H]2CC(O)[C@@H](CO)O2)n1. The van der Waals surface area contributed by atoms with Crippen molar-refractivity contribution in [2.24, 2.45) is 0 Å². The highest BCUT2D eigenvalue weighted by Gasteiger charge is 2.35. The summed E-state index contributed by atoms with van der Waals surface area (Å²) in [6.45, 7) is 1.13. The van der Waals surface area contributed by atoms with Crippen molar-refractivity contribution in [2.45, 2.75) is 31.8 Å². The monoisotopic (exact) mass is 227 g/mol. The molecule has 7 heteroatoms. The van der Waals surface area contributed by atoms with Crippen LogP contribution in [0.2, 0.25) is 0 Å². The molecule has 2 heterocycles. The molecule has 0 amide bonds. The molecule has 7 nitrogen and oxygen atoms in total. The van der Waals surface area contributed by atoms with Crippen molar-refractivity contribution in [1.29, 1.82) is 0 Å². The first-order valence-corrected chi connectivity index (χ1v) is 4.98. The second-order valence-corrected chi connectivity index (χ2v) is 3.72. The van der Waals surface area contributed by atoms with Gasteiger partial charge in [-0.3, -0.25) is 4.79 Å². The van der Waals surface area contributed by atoms with Crippen LogP contribution < -0.4 is 0 Å². The van der Waals surface area contributed by atoms with Crippen LogP contribution in [0.3, 0.4) is 0 Å². The topological polar surface area (TPSA) is 97.5 Å². The van der Waals surface area contributed by atoms with Gasteiger partial charge in [0.1, 0.15) is 12.4 Å². The summed E-state index contributed by atoms with van der Waals surface area (Å²) in [5, 5.41) is 22.4. The predicted molar refractivity (Wildman–Crippen MR) is 51.6 cm³/mol. The van der Waals surface area contributed by atoms with Crippen LogP contribution >= 0.6 is 0 Å². The molecule has 0 saturated carbocycles. The van der Waals surface area contributed by atoms with Gasteiger partial charge in [0.25, 0.3) is 0 Å². The summed E-state index contributed by atoms with van der Waals surface area (Å²) in [5.41, 5.74) is 0. The van der Waals surface area contributed by atoms with Crippen molar-refractivity contribution in [3.05, 3.63) is 12.2 Å². The van der Waals surface area contributed by atoms with Crippen LogP contribution in [0.15, 0.2) is 6.33 Å². The molecule has 0 aromatic carbocycles. The van der Waals surface area contributed by atoms with Gasteiger partial charge in [0, 0.05) is 13.3 Å². The van der Waals surface area contributed by atoms with Crippen molar-refractivity contribution in [2.75, 3.05) is 6.61 Å². The molecule has 1 saturated heterocycles. The molecule has 1 aromatic rings. The van der Waals surface area contributed by atoms with Crippen molar-refractivity contribution >= 4 is 5.78 Å². The van der Waals surface area contributed by atoms with E-state index in [0.717, 1.165) is 0 Å². The molecule has 0 radical (unpaired) electrons. The van der Waals surface area contributed by atoms with Crippen LogP contribution in [-0.2, 0) is 4.74 Å². The number of aliphatic hydroxyl groups is 2. The molecule has 2 rings (SSSR count). The Kier molecular flexibility index (Phi) is 2.99. The van der Waals surface area contributed by atoms with E-state index in [1.165, 1.54) is 17.9 Å². The molecule has 1 aliphatic rings. The number of ether oxygens (including phenoxy) is 1. The number of hydrogen-bond acceptors (Lipinski definition) is 6. The van der Waals surface area contributed by atoms with E-state index in [2.05, 4.69) is 10.1 Å². The van der Waals surface area contributed by atoms with Crippen LogP contribution in [0.5, 0.6) is 0 Å². The zero-order valence-electron chi connectivity index (χ0n) is 8.78. The number of aromatic nitrogens is 3. The number of hydrogen-bond donors (Lipinski definition) is 2. The van der Waals surface area contributed by atoms with Crippen LogP contribution in [0.25, 0.3) is 0 Å². The third-order valence-electron chi connectivity index (χ3n) is 2.50. The normalized spacial score (nSPS) is 29.6. The fourth-order valence-corrected chi connectivity index (χ4v) is 1.62. The largest absolute Gasteiger partial charge is 0.394 e. The van der Waals surface area contributed by atoms with Gasteiger partial charge >= 0.3 is 0 Å². The molecule has 1 aromatic heterocycles. The van der Waals surface area contributed by atoms with Gasteiger partial charge in [0.05, 0.1) is 12.7 Å². The van der Waals surface area contributed by atoms with Crippen LogP contribution in [0.1, 0.15) is 30.2 Å². The van der Waals surface area contributed by atoms with E-state index >= 15 is 0 Å². The summed E-state index contributed by atoms with van der Waals surface area (Å²) < 4.78 is 6.74. The molecule has 0 bridgehead atoms. The molecule has 88 valence electrons. The van der Waals surface area contributed by atoms with Gasteiger partial charge < -0.3 is 14.9 Å². The Morgan fingerprint density at radius 3 is 3.00 bits per heavy atom. The standard InChI is InChI=1S/C9H13N3O4/c1-5(14)9-10-4-12(11-9)8-2-6(15)7(3-13)16-8/h4,6-8,13,15H,2-3H2,1H3/t6?,7-,8-/m1/s1. The lowest BCUT2D eigenvalue weighted by Gasteiger charge is -2.11. The molecule has 16 heavy (non-hydrogen) atoms. The highest BCUT2D eigenvalue weighted by Crippen LogP contribution is 2.27. The molecule has 1 unspecified atom stereocenters. The Labute approximate surface area is 91.7 Å². The van der Waals surface area contributed by atoms with Gasteiger partial charge in [-0.2, -0.15) is 0 Å². The second-order valence-electron chi connectivity index (χ2n) is 3.72. The third kappa shape index (κ3) is 1.97. The fraction of sp³-hybridized carbons (Fsp3) is 0.667. The second kappa shape index (κ2) is 4.28. The van der Waals surface area contributed by atoms with Crippen LogP contribution in [-0.4, -0.2) is 49.6 Å².